The highest BCUT2D eigenvalue weighted by Gasteiger charge is 2.13. The molecule has 0 atom stereocenters. The summed E-state index contributed by atoms with van der Waals surface area (Å²) in [4.78, 5) is 8.78. The van der Waals surface area contributed by atoms with E-state index in [2.05, 4.69) is 25.9 Å². The average Bonchev–Trinajstić information content (AvgIpc) is 2.80. The molecule has 18 heavy (non-hydrogen) atoms. The molecule has 4 nitrogen and oxygen atoms in total. The number of aromatic nitrogens is 3. The predicted molar refractivity (Wildman–Crippen MR) is 74.0 cm³/mol. The summed E-state index contributed by atoms with van der Waals surface area (Å²) in [5, 5.41) is 0. The first-order chi connectivity index (χ1) is 8.81. The minimum absolute atomic E-state index is 0.432. The topological polar surface area (TPSA) is 56.2 Å². The van der Waals surface area contributed by atoms with Gasteiger partial charge in [0.15, 0.2) is 5.65 Å². The predicted octanol–water partition coefficient (Wildman–Crippen LogP) is 2.62. The molecule has 0 saturated carbocycles. The molecular formula is C13H11BrN4. The number of rotatable bonds is 2. The zero-order valence-electron chi connectivity index (χ0n) is 9.55. The molecule has 3 aromatic rings. The van der Waals surface area contributed by atoms with Gasteiger partial charge in [-0.25, -0.2) is 4.98 Å². The minimum atomic E-state index is 0.432. The summed E-state index contributed by atoms with van der Waals surface area (Å²) in [6.07, 6.45) is 5.52. The number of nitrogens with two attached hydrogens (primary N) is 1. The van der Waals surface area contributed by atoms with Crippen molar-refractivity contribution in [3.8, 4) is 11.3 Å². The highest BCUT2D eigenvalue weighted by atomic mass is 79.9. The number of imidazole rings is 1. The number of pyridine rings is 2. The lowest BCUT2D eigenvalue weighted by molar-refractivity contribution is 0.960. The fraction of sp³-hybridized carbons (Fsp3) is 0.0769. The zero-order valence-corrected chi connectivity index (χ0v) is 11.1. The second kappa shape index (κ2) is 4.51. The molecule has 0 aliphatic carbocycles. The van der Waals surface area contributed by atoms with Gasteiger partial charge in [0, 0.05) is 30.7 Å². The number of hydrogen-bond donors (Lipinski definition) is 1. The van der Waals surface area contributed by atoms with Crippen LogP contribution in [0.3, 0.4) is 0 Å². The van der Waals surface area contributed by atoms with Gasteiger partial charge in [-0.15, -0.1) is 0 Å². The van der Waals surface area contributed by atoms with Gasteiger partial charge in [-0.05, 0) is 40.2 Å². The Labute approximate surface area is 113 Å². The smallest absolute Gasteiger partial charge is 0.152 e. The van der Waals surface area contributed by atoms with Gasteiger partial charge in [0.2, 0.25) is 0 Å². The Hall–Kier alpha value is -1.72. The van der Waals surface area contributed by atoms with Gasteiger partial charge in [-0.2, -0.15) is 0 Å². The molecule has 3 aromatic heterocycles. The van der Waals surface area contributed by atoms with Crippen LogP contribution in [-0.2, 0) is 6.54 Å². The van der Waals surface area contributed by atoms with E-state index in [0.717, 1.165) is 27.1 Å². The van der Waals surface area contributed by atoms with Crippen molar-refractivity contribution in [2.45, 2.75) is 6.54 Å². The molecule has 5 heteroatoms. The van der Waals surface area contributed by atoms with Gasteiger partial charge >= 0.3 is 0 Å². The Kier molecular flexibility index (Phi) is 2.85. The fourth-order valence-corrected chi connectivity index (χ4v) is 2.44. The lowest BCUT2D eigenvalue weighted by Crippen LogP contribution is -2.02. The number of nitrogens with zero attached hydrogens (tertiary/aromatic N) is 3. The highest BCUT2D eigenvalue weighted by molar-refractivity contribution is 9.10. The molecule has 0 saturated heterocycles. The molecule has 0 radical (unpaired) electrons. The molecule has 0 spiro atoms. The first-order valence-corrected chi connectivity index (χ1v) is 6.36. The third-order valence-corrected chi connectivity index (χ3v) is 3.45. The number of halogens is 1. The van der Waals surface area contributed by atoms with E-state index in [9.17, 15) is 0 Å². The molecular weight excluding hydrogens is 292 g/mol. The van der Waals surface area contributed by atoms with Crippen molar-refractivity contribution < 1.29 is 0 Å². The highest BCUT2D eigenvalue weighted by Crippen LogP contribution is 2.26. The Morgan fingerprint density at radius 1 is 1.28 bits per heavy atom. The van der Waals surface area contributed by atoms with Crippen molar-refractivity contribution in [1.82, 2.24) is 14.4 Å². The quantitative estimate of drug-likeness (QED) is 0.792. The Morgan fingerprint density at radius 2 is 2.17 bits per heavy atom. The molecule has 0 aromatic carbocycles. The fourth-order valence-electron chi connectivity index (χ4n) is 2.01. The molecule has 3 heterocycles. The minimum Gasteiger partial charge on any atom is -0.325 e. The Balaban J connectivity index is 2.33. The molecule has 90 valence electrons. The third kappa shape index (κ3) is 1.72. The van der Waals surface area contributed by atoms with Gasteiger partial charge in [0.05, 0.1) is 15.9 Å². The lowest BCUT2D eigenvalue weighted by atomic mass is 10.2. The molecule has 0 unspecified atom stereocenters. The normalized spacial score (nSPS) is 11.0. The second-order valence-electron chi connectivity index (χ2n) is 3.90. The summed E-state index contributed by atoms with van der Waals surface area (Å²) in [5.74, 6) is 0. The van der Waals surface area contributed by atoms with E-state index in [1.807, 2.05) is 34.9 Å². The largest absolute Gasteiger partial charge is 0.325 e. The summed E-state index contributed by atoms with van der Waals surface area (Å²) < 4.78 is 2.96. The van der Waals surface area contributed by atoms with E-state index >= 15 is 0 Å². The monoisotopic (exact) mass is 302 g/mol. The van der Waals surface area contributed by atoms with E-state index in [-0.39, 0.29) is 0 Å². The van der Waals surface area contributed by atoms with Gasteiger partial charge in [0.25, 0.3) is 0 Å². The van der Waals surface area contributed by atoms with Gasteiger partial charge in [-0.1, -0.05) is 0 Å². The van der Waals surface area contributed by atoms with Gasteiger partial charge < -0.3 is 10.1 Å². The van der Waals surface area contributed by atoms with Crippen molar-refractivity contribution in [3.05, 3.63) is 53.0 Å². The summed E-state index contributed by atoms with van der Waals surface area (Å²) in [6, 6.07) is 7.82. The van der Waals surface area contributed by atoms with Crippen LogP contribution in [0, 0.1) is 0 Å². The average molecular weight is 303 g/mol. The van der Waals surface area contributed by atoms with E-state index in [1.54, 1.807) is 12.4 Å². The van der Waals surface area contributed by atoms with Crippen LogP contribution in [0.4, 0.5) is 0 Å². The van der Waals surface area contributed by atoms with E-state index < -0.39 is 0 Å². The van der Waals surface area contributed by atoms with Gasteiger partial charge in [-0.3, -0.25) is 4.98 Å². The van der Waals surface area contributed by atoms with Crippen LogP contribution in [0.5, 0.6) is 0 Å². The lowest BCUT2D eigenvalue weighted by Gasteiger charge is -2.01. The summed E-state index contributed by atoms with van der Waals surface area (Å²) in [6.45, 7) is 0.432. The van der Waals surface area contributed by atoms with Crippen LogP contribution < -0.4 is 5.73 Å². The van der Waals surface area contributed by atoms with E-state index in [0.29, 0.717) is 6.54 Å². The number of fused-ring (bicyclic) bond motifs is 1. The molecule has 2 N–H and O–H groups in total. The summed E-state index contributed by atoms with van der Waals surface area (Å²) in [7, 11) is 0. The molecule has 0 aliphatic heterocycles. The molecule has 3 rings (SSSR count). The zero-order chi connectivity index (χ0) is 12.5. The maximum absolute atomic E-state index is 5.85. The van der Waals surface area contributed by atoms with E-state index in [4.69, 9.17) is 5.73 Å². The third-order valence-electron chi connectivity index (χ3n) is 2.83. The van der Waals surface area contributed by atoms with Crippen molar-refractivity contribution in [2.75, 3.05) is 0 Å². The van der Waals surface area contributed by atoms with Crippen LogP contribution in [0.1, 0.15) is 5.69 Å². The van der Waals surface area contributed by atoms with Crippen molar-refractivity contribution in [3.63, 3.8) is 0 Å². The van der Waals surface area contributed by atoms with Gasteiger partial charge in [0.1, 0.15) is 0 Å². The van der Waals surface area contributed by atoms with Crippen molar-refractivity contribution >= 4 is 21.6 Å². The van der Waals surface area contributed by atoms with Crippen LogP contribution in [0.25, 0.3) is 16.9 Å². The second-order valence-corrected chi connectivity index (χ2v) is 4.76. The van der Waals surface area contributed by atoms with Crippen molar-refractivity contribution in [2.24, 2.45) is 5.73 Å². The van der Waals surface area contributed by atoms with Crippen LogP contribution in [0.15, 0.2) is 47.3 Å². The molecule has 0 fully saturated rings. The molecule has 0 bridgehead atoms. The standard InChI is InChI=1S/C13H11BrN4/c14-10-4-2-6-18-11(7-15)12(17-13(10)18)9-3-1-5-16-8-9/h1-6,8H,7,15H2. The molecule has 0 aliphatic rings. The summed E-state index contributed by atoms with van der Waals surface area (Å²) in [5.41, 5.74) is 9.58. The maximum atomic E-state index is 5.85. The Morgan fingerprint density at radius 3 is 2.89 bits per heavy atom. The van der Waals surface area contributed by atoms with Crippen molar-refractivity contribution in [1.29, 1.82) is 0 Å². The summed E-state index contributed by atoms with van der Waals surface area (Å²) >= 11 is 3.51. The maximum Gasteiger partial charge on any atom is 0.152 e. The Bertz CT molecular complexity index is 691. The van der Waals surface area contributed by atoms with Crippen LogP contribution >= 0.6 is 15.9 Å². The van der Waals surface area contributed by atoms with Crippen LogP contribution in [0.2, 0.25) is 0 Å². The van der Waals surface area contributed by atoms with Crippen LogP contribution in [-0.4, -0.2) is 14.4 Å². The SMILES string of the molecule is NCc1c(-c2cccnc2)nc2c(Br)cccn12. The molecule has 0 amide bonds. The number of hydrogen-bond acceptors (Lipinski definition) is 3. The first kappa shape index (κ1) is 11.4. The first-order valence-electron chi connectivity index (χ1n) is 5.57. The van der Waals surface area contributed by atoms with E-state index in [1.165, 1.54) is 0 Å².